The predicted molar refractivity (Wildman–Crippen MR) is 125 cm³/mol. The molecule has 32 heavy (non-hydrogen) atoms. The molecule has 1 amide bonds. The van der Waals surface area contributed by atoms with Crippen LogP contribution in [0.4, 0.5) is 0 Å². The van der Waals surface area contributed by atoms with E-state index in [0.717, 1.165) is 40.8 Å². The van der Waals surface area contributed by atoms with E-state index in [9.17, 15) is 9.59 Å². The molecular formula is C26H29N3O3. The van der Waals surface area contributed by atoms with E-state index in [0.29, 0.717) is 25.2 Å². The van der Waals surface area contributed by atoms with Crippen molar-refractivity contribution < 1.29 is 14.3 Å². The normalized spacial score (nSPS) is 14.7. The average Bonchev–Trinajstić information content (AvgIpc) is 2.83. The molecule has 1 saturated heterocycles. The first-order valence-corrected chi connectivity index (χ1v) is 11.1. The molecule has 0 unspecified atom stereocenters. The number of amides is 1. The molecule has 1 fully saturated rings. The van der Waals surface area contributed by atoms with Crippen LogP contribution >= 0.6 is 0 Å². The molecule has 1 aliphatic rings. The number of carbonyl (C=O) groups is 2. The number of pyridine rings is 1. The number of methoxy groups -OCH3 is 1. The maximum Gasteiger partial charge on any atom is 0.338 e. The van der Waals surface area contributed by atoms with E-state index in [1.165, 1.54) is 7.11 Å². The van der Waals surface area contributed by atoms with Gasteiger partial charge in [-0.1, -0.05) is 62.4 Å². The first-order chi connectivity index (χ1) is 15.5. The first-order valence-electron chi connectivity index (χ1n) is 11.1. The Balaban J connectivity index is 1.75. The molecule has 0 spiro atoms. The van der Waals surface area contributed by atoms with Gasteiger partial charge in [0.1, 0.15) is 0 Å². The Hall–Kier alpha value is -3.25. The Morgan fingerprint density at radius 2 is 1.62 bits per heavy atom. The van der Waals surface area contributed by atoms with Gasteiger partial charge in [0.25, 0.3) is 0 Å². The van der Waals surface area contributed by atoms with Crippen LogP contribution in [-0.2, 0) is 16.1 Å². The standard InChI is InChI=1S/C26H29N3O3/c1-18(2)25(30)29-15-13-28(14-16-29)17-21-23(26(31)32-3)20-11-7-8-12-22(20)27-24(21)19-9-5-4-6-10-19/h4-12,18H,13-17H2,1-3H3. The average molecular weight is 432 g/mol. The number of nitrogens with zero attached hydrogens (tertiary/aromatic N) is 3. The third kappa shape index (κ3) is 4.36. The second-order valence-electron chi connectivity index (χ2n) is 8.44. The smallest absolute Gasteiger partial charge is 0.338 e. The zero-order valence-corrected chi connectivity index (χ0v) is 18.9. The van der Waals surface area contributed by atoms with Gasteiger partial charge in [0.05, 0.1) is 23.9 Å². The fraction of sp³-hybridized carbons (Fsp3) is 0.346. The minimum atomic E-state index is -0.357. The third-order valence-corrected chi connectivity index (χ3v) is 5.99. The van der Waals surface area contributed by atoms with Crippen molar-refractivity contribution in [3.05, 3.63) is 65.7 Å². The number of fused-ring (bicyclic) bond motifs is 1. The highest BCUT2D eigenvalue weighted by molar-refractivity contribution is 6.06. The van der Waals surface area contributed by atoms with Crippen LogP contribution in [0.15, 0.2) is 54.6 Å². The Bertz CT molecular complexity index is 1120. The number of carbonyl (C=O) groups excluding carboxylic acids is 2. The van der Waals surface area contributed by atoms with Crippen LogP contribution in [0, 0.1) is 5.92 Å². The molecular weight excluding hydrogens is 402 g/mol. The van der Waals surface area contributed by atoms with Gasteiger partial charge in [-0.25, -0.2) is 9.78 Å². The highest BCUT2D eigenvalue weighted by Crippen LogP contribution is 2.32. The summed E-state index contributed by atoms with van der Waals surface area (Å²) in [7, 11) is 1.42. The van der Waals surface area contributed by atoms with Gasteiger partial charge in [0.15, 0.2) is 0 Å². The van der Waals surface area contributed by atoms with E-state index < -0.39 is 0 Å². The van der Waals surface area contributed by atoms with Crippen molar-refractivity contribution >= 4 is 22.8 Å². The molecule has 6 heteroatoms. The van der Waals surface area contributed by atoms with Crippen LogP contribution in [0.3, 0.4) is 0 Å². The second kappa shape index (κ2) is 9.49. The highest BCUT2D eigenvalue weighted by Gasteiger charge is 2.27. The van der Waals surface area contributed by atoms with Gasteiger partial charge in [-0.15, -0.1) is 0 Å². The SMILES string of the molecule is COC(=O)c1c(CN2CCN(C(=O)C(C)C)CC2)c(-c2ccccc2)nc2ccccc12. The van der Waals surface area contributed by atoms with E-state index in [1.807, 2.05) is 73.3 Å². The van der Waals surface area contributed by atoms with E-state index >= 15 is 0 Å². The zero-order valence-electron chi connectivity index (χ0n) is 18.9. The summed E-state index contributed by atoms with van der Waals surface area (Å²) >= 11 is 0. The van der Waals surface area contributed by atoms with Gasteiger partial charge in [-0.2, -0.15) is 0 Å². The summed E-state index contributed by atoms with van der Waals surface area (Å²) in [5.41, 5.74) is 3.96. The van der Waals surface area contributed by atoms with Crippen molar-refractivity contribution in [1.82, 2.24) is 14.8 Å². The summed E-state index contributed by atoms with van der Waals surface area (Å²) < 4.78 is 5.20. The molecule has 6 nitrogen and oxygen atoms in total. The number of piperazine rings is 1. The van der Waals surface area contributed by atoms with E-state index in [4.69, 9.17) is 9.72 Å². The quantitative estimate of drug-likeness (QED) is 0.572. The number of rotatable bonds is 5. The lowest BCUT2D eigenvalue weighted by Gasteiger charge is -2.36. The molecule has 0 atom stereocenters. The van der Waals surface area contributed by atoms with Gasteiger partial charge in [-0.05, 0) is 6.07 Å². The van der Waals surface area contributed by atoms with Crippen LogP contribution in [0.2, 0.25) is 0 Å². The maximum absolute atomic E-state index is 13.0. The fourth-order valence-electron chi connectivity index (χ4n) is 4.29. The third-order valence-electron chi connectivity index (χ3n) is 5.99. The Morgan fingerprint density at radius 3 is 2.28 bits per heavy atom. The largest absolute Gasteiger partial charge is 0.465 e. The van der Waals surface area contributed by atoms with Gasteiger partial charge < -0.3 is 9.64 Å². The monoisotopic (exact) mass is 431 g/mol. The molecule has 0 aliphatic carbocycles. The van der Waals surface area contributed by atoms with Crippen molar-refractivity contribution in [3.63, 3.8) is 0 Å². The molecule has 2 aromatic carbocycles. The number of esters is 1. The molecule has 166 valence electrons. The van der Waals surface area contributed by atoms with Crippen LogP contribution in [0.1, 0.15) is 29.8 Å². The number of hydrogen-bond acceptors (Lipinski definition) is 5. The number of para-hydroxylation sites is 1. The Morgan fingerprint density at radius 1 is 0.969 bits per heavy atom. The van der Waals surface area contributed by atoms with Crippen molar-refractivity contribution in [2.24, 2.45) is 5.92 Å². The zero-order chi connectivity index (χ0) is 22.7. The van der Waals surface area contributed by atoms with E-state index in [1.54, 1.807) is 0 Å². The summed E-state index contributed by atoms with van der Waals surface area (Å²) in [5, 5.41) is 0.794. The van der Waals surface area contributed by atoms with E-state index in [2.05, 4.69) is 4.90 Å². The minimum Gasteiger partial charge on any atom is -0.465 e. The van der Waals surface area contributed by atoms with Crippen LogP contribution in [0.25, 0.3) is 22.2 Å². The lowest BCUT2D eigenvalue weighted by atomic mass is 9.96. The van der Waals surface area contributed by atoms with Gasteiger partial charge in [0.2, 0.25) is 5.91 Å². The van der Waals surface area contributed by atoms with Gasteiger partial charge in [0, 0.05) is 55.2 Å². The maximum atomic E-state index is 13.0. The number of aromatic nitrogens is 1. The van der Waals surface area contributed by atoms with Crippen molar-refractivity contribution in [2.75, 3.05) is 33.3 Å². The first kappa shape index (κ1) is 22.0. The number of hydrogen-bond donors (Lipinski definition) is 0. The molecule has 0 saturated carbocycles. The number of benzene rings is 2. The van der Waals surface area contributed by atoms with Crippen LogP contribution < -0.4 is 0 Å². The second-order valence-corrected chi connectivity index (χ2v) is 8.44. The lowest BCUT2D eigenvalue weighted by molar-refractivity contribution is -0.136. The Kier molecular flexibility index (Phi) is 6.51. The predicted octanol–water partition coefficient (Wildman–Crippen LogP) is 3.99. The Labute approximate surface area is 188 Å². The molecule has 0 N–H and O–H groups in total. The van der Waals surface area contributed by atoms with Gasteiger partial charge >= 0.3 is 5.97 Å². The molecule has 4 rings (SSSR count). The summed E-state index contributed by atoms with van der Waals surface area (Å²) in [6, 6.07) is 17.6. The summed E-state index contributed by atoms with van der Waals surface area (Å²) in [4.78, 5) is 34.5. The van der Waals surface area contributed by atoms with Crippen LogP contribution in [-0.4, -0.2) is 59.9 Å². The fourth-order valence-corrected chi connectivity index (χ4v) is 4.29. The molecule has 0 radical (unpaired) electrons. The lowest BCUT2D eigenvalue weighted by Crippen LogP contribution is -2.49. The van der Waals surface area contributed by atoms with Crippen LogP contribution in [0.5, 0.6) is 0 Å². The summed E-state index contributed by atoms with van der Waals surface area (Å²) in [6.45, 7) is 7.31. The molecule has 0 bridgehead atoms. The van der Waals surface area contributed by atoms with Crippen molar-refractivity contribution in [2.45, 2.75) is 20.4 Å². The molecule has 2 heterocycles. The van der Waals surface area contributed by atoms with Gasteiger partial charge in [-0.3, -0.25) is 9.69 Å². The molecule has 1 aromatic heterocycles. The van der Waals surface area contributed by atoms with Crippen molar-refractivity contribution in [1.29, 1.82) is 0 Å². The molecule has 3 aromatic rings. The minimum absolute atomic E-state index is 0.00171. The summed E-state index contributed by atoms with van der Waals surface area (Å²) in [5.74, 6) is -0.163. The van der Waals surface area contributed by atoms with E-state index in [-0.39, 0.29) is 17.8 Å². The molecule has 1 aliphatic heterocycles. The summed E-state index contributed by atoms with van der Waals surface area (Å²) in [6.07, 6.45) is 0. The highest BCUT2D eigenvalue weighted by atomic mass is 16.5. The number of ether oxygens (including phenoxy) is 1. The topological polar surface area (TPSA) is 62.7 Å². The van der Waals surface area contributed by atoms with Crippen molar-refractivity contribution in [3.8, 4) is 11.3 Å².